The average molecular weight is 284 g/mol. The van der Waals surface area contributed by atoms with Crippen molar-refractivity contribution >= 4 is 0 Å². The number of allylic oxidation sites excluding steroid dienone is 1. The van der Waals surface area contributed by atoms with Crippen LogP contribution in [0.3, 0.4) is 0 Å². The van der Waals surface area contributed by atoms with Crippen LogP contribution in [0.15, 0.2) is 12.3 Å². The second-order valence-electron chi connectivity index (χ2n) is 5.52. The lowest BCUT2D eigenvalue weighted by atomic mass is 10.1. The van der Waals surface area contributed by atoms with Crippen LogP contribution in [0.25, 0.3) is 0 Å². The molecule has 0 spiro atoms. The van der Waals surface area contributed by atoms with Crippen LogP contribution in [-0.4, -0.2) is 56.6 Å². The highest BCUT2D eigenvalue weighted by Crippen LogP contribution is 2.09. The maximum Gasteiger partial charge on any atom is 0.0110 e. The Morgan fingerprint density at radius 2 is 1.50 bits per heavy atom. The first-order valence-corrected chi connectivity index (χ1v) is 8.49. The van der Waals surface area contributed by atoms with Crippen LogP contribution in [0.5, 0.6) is 0 Å². The van der Waals surface area contributed by atoms with Gasteiger partial charge in [-0.3, -0.25) is 0 Å². The van der Waals surface area contributed by atoms with Crippen LogP contribution < -0.4 is 5.32 Å². The zero-order valence-electron chi connectivity index (χ0n) is 14.4. The predicted molar refractivity (Wildman–Crippen MR) is 91.2 cm³/mol. The molecule has 0 radical (unpaired) electrons. The van der Waals surface area contributed by atoms with E-state index in [0.717, 1.165) is 6.42 Å². The van der Waals surface area contributed by atoms with Gasteiger partial charge in [-0.2, -0.15) is 0 Å². The molecule has 0 aromatic rings. The van der Waals surface area contributed by atoms with Gasteiger partial charge in [-0.05, 0) is 32.9 Å². The van der Waals surface area contributed by atoms with Gasteiger partial charge in [0.15, 0.2) is 0 Å². The SMILES string of the molecule is C=C(CCCCCCCN1CCN(C)CC1)NC.CC. The van der Waals surface area contributed by atoms with Crippen LogP contribution in [-0.2, 0) is 0 Å². The maximum absolute atomic E-state index is 3.95. The van der Waals surface area contributed by atoms with Crippen molar-refractivity contribution in [2.45, 2.75) is 52.4 Å². The number of hydrogen-bond donors (Lipinski definition) is 1. The summed E-state index contributed by atoms with van der Waals surface area (Å²) >= 11 is 0. The van der Waals surface area contributed by atoms with E-state index in [2.05, 4.69) is 28.7 Å². The second-order valence-corrected chi connectivity index (χ2v) is 5.52. The van der Waals surface area contributed by atoms with E-state index >= 15 is 0 Å². The van der Waals surface area contributed by atoms with Crippen molar-refractivity contribution in [1.29, 1.82) is 0 Å². The molecule has 3 nitrogen and oxygen atoms in total. The Balaban J connectivity index is 0.00000172. The molecule has 1 aliphatic rings. The quantitative estimate of drug-likeness (QED) is 0.655. The summed E-state index contributed by atoms with van der Waals surface area (Å²) in [7, 11) is 4.18. The summed E-state index contributed by atoms with van der Waals surface area (Å²) in [4.78, 5) is 5.04. The minimum atomic E-state index is 1.13. The van der Waals surface area contributed by atoms with Crippen molar-refractivity contribution in [3.63, 3.8) is 0 Å². The van der Waals surface area contributed by atoms with Crippen molar-refractivity contribution < 1.29 is 0 Å². The molecular formula is C17H37N3. The lowest BCUT2D eigenvalue weighted by Gasteiger charge is -2.32. The minimum Gasteiger partial charge on any atom is -0.392 e. The third-order valence-electron chi connectivity index (χ3n) is 3.90. The first kappa shape index (κ1) is 19.5. The predicted octanol–water partition coefficient (Wildman–Crippen LogP) is 3.33. The molecule has 0 unspecified atom stereocenters. The summed E-state index contributed by atoms with van der Waals surface area (Å²) in [5.74, 6) is 0. The summed E-state index contributed by atoms with van der Waals surface area (Å²) < 4.78 is 0. The Kier molecular flexibility index (Phi) is 13.1. The summed E-state index contributed by atoms with van der Waals surface area (Å²) in [5.41, 5.74) is 1.17. The van der Waals surface area contributed by atoms with Gasteiger partial charge in [0, 0.05) is 38.9 Å². The highest BCUT2D eigenvalue weighted by molar-refractivity contribution is 4.88. The lowest BCUT2D eigenvalue weighted by molar-refractivity contribution is 0.152. The standard InChI is InChI=1S/C15H31N3.C2H6/c1-15(16-2)9-7-5-4-6-8-10-18-13-11-17(3)12-14-18;1-2/h16H,1,4-14H2,2-3H3;1-2H3. The normalized spacial score (nSPS) is 16.4. The van der Waals surface area contributed by atoms with Crippen molar-refractivity contribution in [2.75, 3.05) is 46.8 Å². The molecule has 0 aliphatic carbocycles. The van der Waals surface area contributed by atoms with Crippen LogP contribution in [0.2, 0.25) is 0 Å². The fraction of sp³-hybridized carbons (Fsp3) is 0.882. The monoisotopic (exact) mass is 283 g/mol. The Morgan fingerprint density at radius 1 is 0.950 bits per heavy atom. The molecule has 1 fully saturated rings. The van der Waals surface area contributed by atoms with Gasteiger partial charge >= 0.3 is 0 Å². The van der Waals surface area contributed by atoms with Gasteiger partial charge in [-0.25, -0.2) is 0 Å². The van der Waals surface area contributed by atoms with E-state index < -0.39 is 0 Å². The molecular weight excluding hydrogens is 246 g/mol. The molecule has 1 aliphatic heterocycles. The van der Waals surface area contributed by atoms with Crippen molar-refractivity contribution in [3.05, 3.63) is 12.3 Å². The lowest BCUT2D eigenvalue weighted by Crippen LogP contribution is -2.44. The molecule has 3 heteroatoms. The van der Waals surface area contributed by atoms with Crippen molar-refractivity contribution in [3.8, 4) is 0 Å². The number of piperazine rings is 1. The van der Waals surface area contributed by atoms with Gasteiger partial charge in [0.25, 0.3) is 0 Å². The fourth-order valence-corrected chi connectivity index (χ4v) is 2.40. The van der Waals surface area contributed by atoms with E-state index in [-0.39, 0.29) is 0 Å². The Hall–Kier alpha value is -0.540. The zero-order chi connectivity index (χ0) is 15.2. The Labute approximate surface area is 127 Å². The first-order chi connectivity index (χ1) is 9.72. The average Bonchev–Trinajstić information content (AvgIpc) is 2.50. The largest absolute Gasteiger partial charge is 0.392 e. The van der Waals surface area contributed by atoms with Gasteiger partial charge < -0.3 is 15.1 Å². The van der Waals surface area contributed by atoms with E-state index in [1.54, 1.807) is 0 Å². The molecule has 0 aromatic carbocycles. The molecule has 0 bridgehead atoms. The molecule has 1 saturated heterocycles. The van der Waals surface area contributed by atoms with Crippen LogP contribution >= 0.6 is 0 Å². The molecule has 0 atom stereocenters. The second kappa shape index (κ2) is 13.4. The maximum atomic E-state index is 3.95. The van der Waals surface area contributed by atoms with E-state index in [9.17, 15) is 0 Å². The van der Waals surface area contributed by atoms with Crippen LogP contribution in [0.1, 0.15) is 52.4 Å². The molecule has 20 heavy (non-hydrogen) atoms. The number of hydrogen-bond acceptors (Lipinski definition) is 3. The first-order valence-electron chi connectivity index (χ1n) is 8.49. The number of likely N-dealkylation sites (N-methyl/N-ethyl adjacent to an activating group) is 1. The summed E-state index contributed by atoms with van der Waals surface area (Å²) in [6.07, 6.45) is 7.91. The third kappa shape index (κ3) is 10.3. The Bertz CT molecular complexity index is 220. The third-order valence-corrected chi connectivity index (χ3v) is 3.90. The summed E-state index contributed by atoms with van der Waals surface area (Å²) in [6.45, 7) is 14.3. The smallest absolute Gasteiger partial charge is 0.0110 e. The van der Waals surface area contributed by atoms with E-state index in [0.29, 0.717) is 0 Å². The van der Waals surface area contributed by atoms with E-state index in [1.807, 2.05) is 20.9 Å². The highest BCUT2D eigenvalue weighted by Gasteiger charge is 2.12. The van der Waals surface area contributed by atoms with E-state index in [1.165, 1.54) is 70.5 Å². The van der Waals surface area contributed by atoms with Gasteiger partial charge in [0.1, 0.15) is 0 Å². The summed E-state index contributed by atoms with van der Waals surface area (Å²) in [5, 5.41) is 3.11. The molecule has 0 amide bonds. The van der Waals surface area contributed by atoms with Gasteiger partial charge in [0.05, 0.1) is 0 Å². The van der Waals surface area contributed by atoms with Crippen molar-refractivity contribution in [2.24, 2.45) is 0 Å². The van der Waals surface area contributed by atoms with E-state index in [4.69, 9.17) is 0 Å². The topological polar surface area (TPSA) is 18.5 Å². The van der Waals surface area contributed by atoms with Gasteiger partial charge in [0.2, 0.25) is 0 Å². The van der Waals surface area contributed by atoms with Gasteiger partial charge in [-0.1, -0.05) is 39.7 Å². The van der Waals surface area contributed by atoms with Crippen LogP contribution in [0.4, 0.5) is 0 Å². The number of nitrogens with zero attached hydrogens (tertiary/aromatic N) is 2. The highest BCUT2D eigenvalue weighted by atomic mass is 15.2. The zero-order valence-corrected chi connectivity index (χ0v) is 14.4. The number of unbranched alkanes of at least 4 members (excludes halogenated alkanes) is 4. The van der Waals surface area contributed by atoms with Crippen molar-refractivity contribution in [1.82, 2.24) is 15.1 Å². The molecule has 0 saturated carbocycles. The molecule has 1 heterocycles. The molecule has 1 N–H and O–H groups in total. The van der Waals surface area contributed by atoms with Crippen LogP contribution in [0, 0.1) is 0 Å². The minimum absolute atomic E-state index is 1.13. The van der Waals surface area contributed by atoms with Gasteiger partial charge in [-0.15, -0.1) is 0 Å². The number of nitrogens with one attached hydrogen (secondary N) is 1. The molecule has 1 rings (SSSR count). The molecule has 120 valence electrons. The Morgan fingerprint density at radius 3 is 2.10 bits per heavy atom. The molecule has 0 aromatic heterocycles. The number of rotatable bonds is 9. The summed E-state index contributed by atoms with van der Waals surface area (Å²) in [6, 6.07) is 0. The fourth-order valence-electron chi connectivity index (χ4n) is 2.40.